The average molecular weight is 151 g/mol. The summed E-state index contributed by atoms with van der Waals surface area (Å²) in [5, 5.41) is 9.87. The molecule has 0 radical (unpaired) electrons. The van der Waals surface area contributed by atoms with Gasteiger partial charge in [0, 0.05) is 37.8 Å². The van der Waals surface area contributed by atoms with Crippen LogP contribution in [0.25, 0.3) is 0 Å². The Morgan fingerprint density at radius 3 is 2.64 bits per heavy atom. The molecule has 2 N–H and O–H groups in total. The molecule has 0 aromatic rings. The number of allylic oxidation sites excluding steroid dienone is 2. The van der Waals surface area contributed by atoms with Gasteiger partial charge in [-0.1, -0.05) is 6.58 Å². The van der Waals surface area contributed by atoms with Gasteiger partial charge in [-0.05, 0) is 6.08 Å². The topological polar surface area (TPSA) is 48.2 Å². The fourth-order valence-corrected chi connectivity index (χ4v) is 0.535. The van der Waals surface area contributed by atoms with Crippen molar-refractivity contribution in [3.8, 4) is 0 Å². The fourth-order valence-electron chi connectivity index (χ4n) is 0.535. The van der Waals surface area contributed by atoms with Gasteiger partial charge in [0.2, 0.25) is 0 Å². The van der Waals surface area contributed by atoms with Gasteiger partial charge in [-0.2, -0.15) is 0 Å². The van der Waals surface area contributed by atoms with Crippen LogP contribution in [0.3, 0.4) is 0 Å². The summed E-state index contributed by atoms with van der Waals surface area (Å²) >= 11 is 0. The molecule has 11 heavy (non-hydrogen) atoms. The third kappa shape index (κ3) is 3.35. The molecule has 0 fully saturated rings. The van der Waals surface area contributed by atoms with Crippen LogP contribution in [-0.4, -0.2) is 26.5 Å². The average Bonchev–Trinajstić information content (AvgIpc) is 2.05. The molecule has 0 saturated heterocycles. The van der Waals surface area contributed by atoms with Crippen molar-refractivity contribution in [3.05, 3.63) is 23.9 Å². The quantitative estimate of drug-likeness (QED) is 0.457. The predicted molar refractivity (Wildman–Crippen MR) is 49.5 cm³/mol. The van der Waals surface area contributed by atoms with Crippen LogP contribution >= 0.6 is 0 Å². The van der Waals surface area contributed by atoms with E-state index in [1.54, 1.807) is 26.4 Å². The summed E-state index contributed by atoms with van der Waals surface area (Å²) in [7, 11) is 3.45. The first kappa shape index (κ1) is 9.62. The van der Waals surface area contributed by atoms with Gasteiger partial charge in [0.05, 0.1) is 0 Å². The lowest BCUT2D eigenvalue weighted by Crippen LogP contribution is -2.07. The third-order valence-corrected chi connectivity index (χ3v) is 1.21. The zero-order chi connectivity index (χ0) is 8.69. The van der Waals surface area contributed by atoms with E-state index in [2.05, 4.69) is 16.9 Å². The van der Waals surface area contributed by atoms with Gasteiger partial charge in [0.1, 0.15) is 0 Å². The molecule has 0 atom stereocenters. The van der Waals surface area contributed by atoms with Gasteiger partial charge >= 0.3 is 0 Å². The fraction of sp³-hybridized carbons (Fsp3) is 0.250. The Bertz CT molecular complexity index is 201. The van der Waals surface area contributed by atoms with Gasteiger partial charge < -0.3 is 10.7 Å². The number of hydrogen-bond donors (Lipinski definition) is 2. The molecule has 3 nitrogen and oxygen atoms in total. The molecule has 0 aliphatic carbocycles. The largest absolute Gasteiger partial charge is 0.388 e. The lowest BCUT2D eigenvalue weighted by Gasteiger charge is -2.02. The molecule has 0 aromatic heterocycles. The van der Waals surface area contributed by atoms with Crippen LogP contribution < -0.4 is 5.32 Å². The first-order valence-corrected chi connectivity index (χ1v) is 3.26. The summed E-state index contributed by atoms with van der Waals surface area (Å²) in [6.45, 7) is 3.70. The second-order valence-electron chi connectivity index (χ2n) is 1.90. The Kier molecular flexibility index (Phi) is 4.73. The highest BCUT2D eigenvalue weighted by Crippen LogP contribution is 1.97. The van der Waals surface area contributed by atoms with Crippen LogP contribution in [0.15, 0.2) is 28.9 Å². The molecular weight excluding hydrogens is 138 g/mol. The SMILES string of the molecule is C=C(NC)/C(C=N)=C\C=N/C. The van der Waals surface area contributed by atoms with E-state index in [0.717, 1.165) is 11.3 Å². The van der Waals surface area contributed by atoms with Crippen molar-refractivity contribution in [1.82, 2.24) is 5.32 Å². The molecule has 0 spiro atoms. The van der Waals surface area contributed by atoms with E-state index in [-0.39, 0.29) is 0 Å². The predicted octanol–water partition coefficient (Wildman–Crippen LogP) is 0.996. The number of hydrogen-bond acceptors (Lipinski definition) is 3. The number of aliphatic imine (C=N–C) groups is 1. The maximum atomic E-state index is 7.02. The van der Waals surface area contributed by atoms with Gasteiger partial charge in [-0.25, -0.2) is 0 Å². The second-order valence-corrected chi connectivity index (χ2v) is 1.90. The van der Waals surface area contributed by atoms with Crippen LogP contribution in [0.1, 0.15) is 0 Å². The van der Waals surface area contributed by atoms with Crippen molar-refractivity contribution < 1.29 is 0 Å². The maximum absolute atomic E-state index is 7.02. The Labute approximate surface area is 67.0 Å². The molecule has 0 aliphatic heterocycles. The molecule has 0 heterocycles. The van der Waals surface area contributed by atoms with Crippen molar-refractivity contribution >= 4 is 12.4 Å². The first-order chi connectivity index (χ1) is 5.26. The van der Waals surface area contributed by atoms with E-state index in [1.807, 2.05) is 0 Å². The number of nitrogens with one attached hydrogen (secondary N) is 2. The molecule has 0 aromatic carbocycles. The first-order valence-electron chi connectivity index (χ1n) is 3.26. The smallest absolute Gasteiger partial charge is 0.0354 e. The summed E-state index contributed by atoms with van der Waals surface area (Å²) in [5.41, 5.74) is 1.46. The third-order valence-electron chi connectivity index (χ3n) is 1.21. The zero-order valence-electron chi connectivity index (χ0n) is 6.89. The lowest BCUT2D eigenvalue weighted by atomic mass is 10.2. The standard InChI is InChI=1S/C8H13N3/c1-7(11-3)8(6-9)4-5-10-2/h4-6,9,11H,1H2,2-3H3/b8-4-,9-6?,10-5-. The van der Waals surface area contributed by atoms with Crippen molar-refractivity contribution in [1.29, 1.82) is 5.41 Å². The highest BCUT2D eigenvalue weighted by Gasteiger charge is 1.93. The minimum Gasteiger partial charge on any atom is -0.388 e. The molecule has 3 heteroatoms. The maximum Gasteiger partial charge on any atom is 0.0354 e. The van der Waals surface area contributed by atoms with Crippen LogP contribution in [-0.2, 0) is 0 Å². The molecule has 0 aliphatic rings. The van der Waals surface area contributed by atoms with Crippen molar-refractivity contribution in [2.24, 2.45) is 4.99 Å². The second kappa shape index (κ2) is 5.41. The Hall–Kier alpha value is -1.38. The van der Waals surface area contributed by atoms with E-state index in [9.17, 15) is 0 Å². The van der Waals surface area contributed by atoms with Gasteiger partial charge in [0.15, 0.2) is 0 Å². The lowest BCUT2D eigenvalue weighted by molar-refractivity contribution is 1.03. The summed E-state index contributed by atoms with van der Waals surface area (Å²) in [4.78, 5) is 3.77. The molecule has 0 bridgehead atoms. The van der Waals surface area contributed by atoms with Crippen LogP contribution in [0.4, 0.5) is 0 Å². The van der Waals surface area contributed by atoms with E-state index in [1.165, 1.54) is 6.21 Å². The molecule has 0 unspecified atom stereocenters. The Morgan fingerprint density at radius 2 is 2.27 bits per heavy atom. The van der Waals surface area contributed by atoms with E-state index in [4.69, 9.17) is 5.41 Å². The van der Waals surface area contributed by atoms with E-state index < -0.39 is 0 Å². The minimum absolute atomic E-state index is 0.722. The molecule has 60 valence electrons. The zero-order valence-corrected chi connectivity index (χ0v) is 6.89. The van der Waals surface area contributed by atoms with Gasteiger partial charge in [-0.15, -0.1) is 0 Å². The number of likely N-dealkylation sites (N-methyl/N-ethyl adjacent to an activating group) is 1. The Balaban J connectivity index is 4.38. The highest BCUT2D eigenvalue weighted by molar-refractivity contribution is 5.89. The summed E-state index contributed by atoms with van der Waals surface area (Å²) < 4.78 is 0. The normalized spacial score (nSPS) is 11.6. The highest BCUT2D eigenvalue weighted by atomic mass is 14.8. The Morgan fingerprint density at radius 1 is 1.64 bits per heavy atom. The summed E-state index contributed by atoms with van der Waals surface area (Å²) in [6.07, 6.45) is 4.59. The molecule has 0 saturated carbocycles. The summed E-state index contributed by atoms with van der Waals surface area (Å²) in [5.74, 6) is 0. The van der Waals surface area contributed by atoms with Crippen molar-refractivity contribution in [2.45, 2.75) is 0 Å². The molecule has 0 amide bonds. The van der Waals surface area contributed by atoms with Crippen molar-refractivity contribution in [2.75, 3.05) is 14.1 Å². The minimum atomic E-state index is 0.722. The number of nitrogens with zero attached hydrogens (tertiary/aromatic N) is 1. The molecule has 0 rings (SSSR count). The van der Waals surface area contributed by atoms with E-state index in [0.29, 0.717) is 0 Å². The van der Waals surface area contributed by atoms with Crippen LogP contribution in [0.2, 0.25) is 0 Å². The van der Waals surface area contributed by atoms with Gasteiger partial charge in [0.25, 0.3) is 0 Å². The molecular formula is C8H13N3. The van der Waals surface area contributed by atoms with E-state index >= 15 is 0 Å². The van der Waals surface area contributed by atoms with Crippen LogP contribution in [0.5, 0.6) is 0 Å². The van der Waals surface area contributed by atoms with Gasteiger partial charge in [-0.3, -0.25) is 4.99 Å². The van der Waals surface area contributed by atoms with Crippen molar-refractivity contribution in [3.63, 3.8) is 0 Å². The monoisotopic (exact) mass is 151 g/mol. The van der Waals surface area contributed by atoms with Crippen LogP contribution in [0, 0.1) is 5.41 Å². The number of rotatable bonds is 4. The summed E-state index contributed by atoms with van der Waals surface area (Å²) in [6, 6.07) is 0.